The zero-order chi connectivity index (χ0) is 16.4. The molecule has 4 rings (SSSR count). The molecule has 3 heteroatoms. The van der Waals surface area contributed by atoms with Crippen LogP contribution in [0.3, 0.4) is 0 Å². The number of imidazole rings is 1. The van der Waals surface area contributed by atoms with Crippen molar-refractivity contribution in [2.45, 2.75) is 20.0 Å². The van der Waals surface area contributed by atoms with Crippen LogP contribution in [-0.2, 0) is 13.1 Å². The van der Waals surface area contributed by atoms with Gasteiger partial charge in [0.05, 0.1) is 0 Å². The molecule has 0 bridgehead atoms. The molecule has 0 spiro atoms. The van der Waals surface area contributed by atoms with Gasteiger partial charge in [-0.1, -0.05) is 72.8 Å². The fraction of sp³-hybridized carbons (Fsp3) is 0.136. The molecule has 2 nitrogen and oxygen atoms in total. The number of halogens is 1. The number of hydrogen-bond donors (Lipinski definition) is 0. The van der Waals surface area contributed by atoms with Crippen molar-refractivity contribution in [3.8, 4) is 0 Å². The lowest BCUT2D eigenvalue weighted by Gasteiger charge is -2.03. The first kappa shape index (κ1) is 17.2. The Bertz CT molecular complexity index is 881. The van der Waals surface area contributed by atoms with E-state index in [0.29, 0.717) is 0 Å². The summed E-state index contributed by atoms with van der Waals surface area (Å²) in [6.07, 6.45) is 0. The van der Waals surface area contributed by atoms with E-state index < -0.39 is 0 Å². The largest absolute Gasteiger partial charge is 1.00 e. The summed E-state index contributed by atoms with van der Waals surface area (Å²) in [4.78, 5) is 0. The molecule has 0 saturated carbocycles. The Labute approximate surface area is 154 Å². The van der Waals surface area contributed by atoms with E-state index in [1.54, 1.807) is 0 Å². The van der Waals surface area contributed by atoms with Gasteiger partial charge in [0.2, 0.25) is 0 Å². The molecule has 0 aliphatic carbocycles. The van der Waals surface area contributed by atoms with Crippen LogP contribution in [-0.4, -0.2) is 4.57 Å². The summed E-state index contributed by atoms with van der Waals surface area (Å²) in [5.41, 5.74) is 5.23. The Balaban J connectivity index is 0.00000182. The lowest BCUT2D eigenvalue weighted by molar-refractivity contribution is -0.669. The number of aromatic nitrogens is 2. The highest BCUT2D eigenvalue weighted by atomic mass is 35.5. The first-order chi connectivity index (χ1) is 11.8. The Morgan fingerprint density at radius 1 is 0.720 bits per heavy atom. The molecule has 0 saturated heterocycles. The molecular formula is C22H21ClN2. The van der Waals surface area contributed by atoms with Gasteiger partial charge in [-0.3, -0.25) is 0 Å². The van der Waals surface area contributed by atoms with E-state index >= 15 is 0 Å². The zero-order valence-corrected chi connectivity index (χ0v) is 15.0. The minimum atomic E-state index is 0. The van der Waals surface area contributed by atoms with E-state index in [9.17, 15) is 0 Å². The van der Waals surface area contributed by atoms with Gasteiger partial charge in [0, 0.05) is 6.92 Å². The molecule has 0 atom stereocenters. The summed E-state index contributed by atoms with van der Waals surface area (Å²) >= 11 is 0. The molecule has 4 aromatic rings. The van der Waals surface area contributed by atoms with E-state index in [2.05, 4.69) is 101 Å². The van der Waals surface area contributed by atoms with Crippen molar-refractivity contribution in [3.63, 3.8) is 0 Å². The van der Waals surface area contributed by atoms with Crippen molar-refractivity contribution >= 4 is 11.0 Å². The van der Waals surface area contributed by atoms with Crippen LogP contribution in [0.25, 0.3) is 11.0 Å². The molecule has 0 fully saturated rings. The van der Waals surface area contributed by atoms with E-state index in [-0.39, 0.29) is 12.4 Å². The average Bonchev–Trinajstić information content (AvgIpc) is 2.90. The van der Waals surface area contributed by atoms with Crippen molar-refractivity contribution in [1.82, 2.24) is 4.57 Å². The molecule has 25 heavy (non-hydrogen) atoms. The summed E-state index contributed by atoms with van der Waals surface area (Å²) in [6.45, 7) is 4.01. The normalized spacial score (nSPS) is 10.6. The van der Waals surface area contributed by atoms with Crippen molar-refractivity contribution in [2.24, 2.45) is 0 Å². The molecule has 0 N–H and O–H groups in total. The molecule has 0 aliphatic heterocycles. The highest BCUT2D eigenvalue weighted by Gasteiger charge is 2.21. The first-order valence-corrected chi connectivity index (χ1v) is 8.38. The Kier molecular flexibility index (Phi) is 5.20. The standard InChI is InChI=1S/C22H21N2.ClH/c1-18-23(16-19-10-4-2-5-11-19)21-14-8-9-15-22(21)24(18)17-20-12-6-3-7-13-20;/h2-15H,16-17H2,1H3;1H/q+1;/p-1. The second-order valence-corrected chi connectivity index (χ2v) is 6.18. The van der Waals surface area contributed by atoms with Crippen LogP contribution in [0.1, 0.15) is 17.0 Å². The third-order valence-corrected chi connectivity index (χ3v) is 4.61. The van der Waals surface area contributed by atoms with E-state index in [1.165, 1.54) is 28.0 Å². The molecule has 126 valence electrons. The van der Waals surface area contributed by atoms with Gasteiger partial charge in [-0.15, -0.1) is 0 Å². The molecule has 3 aromatic carbocycles. The maximum atomic E-state index is 2.41. The number of nitrogens with zero attached hydrogens (tertiary/aromatic N) is 2. The third-order valence-electron chi connectivity index (χ3n) is 4.61. The first-order valence-electron chi connectivity index (χ1n) is 8.38. The van der Waals surface area contributed by atoms with E-state index in [4.69, 9.17) is 0 Å². The van der Waals surface area contributed by atoms with Crippen molar-refractivity contribution < 1.29 is 17.0 Å². The van der Waals surface area contributed by atoms with Crippen LogP contribution in [0.5, 0.6) is 0 Å². The summed E-state index contributed by atoms with van der Waals surface area (Å²) in [6, 6.07) is 30.0. The minimum absolute atomic E-state index is 0. The molecule has 1 aromatic heterocycles. The number of para-hydroxylation sites is 2. The topological polar surface area (TPSA) is 8.81 Å². The lowest BCUT2D eigenvalue weighted by atomic mass is 10.2. The third kappa shape index (κ3) is 3.45. The van der Waals surface area contributed by atoms with Crippen molar-refractivity contribution in [3.05, 3.63) is 102 Å². The fourth-order valence-electron chi connectivity index (χ4n) is 3.35. The van der Waals surface area contributed by atoms with Gasteiger partial charge in [-0.05, 0) is 23.3 Å². The van der Waals surface area contributed by atoms with E-state index in [1.807, 2.05) is 0 Å². The van der Waals surface area contributed by atoms with Crippen LogP contribution in [0.15, 0.2) is 84.9 Å². The fourth-order valence-corrected chi connectivity index (χ4v) is 3.35. The molecule has 1 heterocycles. The smallest absolute Gasteiger partial charge is 0.254 e. The lowest BCUT2D eigenvalue weighted by Crippen LogP contribution is -3.00. The van der Waals surface area contributed by atoms with Crippen molar-refractivity contribution in [2.75, 3.05) is 0 Å². The zero-order valence-electron chi connectivity index (χ0n) is 14.3. The van der Waals surface area contributed by atoms with Gasteiger partial charge in [0.15, 0.2) is 11.0 Å². The highest BCUT2D eigenvalue weighted by Crippen LogP contribution is 2.17. The maximum absolute atomic E-state index is 2.41. The molecular weight excluding hydrogens is 328 g/mol. The van der Waals surface area contributed by atoms with Crippen LogP contribution in [0, 0.1) is 6.92 Å². The SMILES string of the molecule is Cc1n(Cc2ccccc2)c2ccccc2[n+]1Cc1ccccc1.[Cl-]. The summed E-state index contributed by atoms with van der Waals surface area (Å²) in [5, 5.41) is 0. The van der Waals surface area contributed by atoms with Gasteiger partial charge in [0.1, 0.15) is 13.1 Å². The summed E-state index contributed by atoms with van der Waals surface area (Å²) in [5.74, 6) is 1.28. The number of hydrogen-bond acceptors (Lipinski definition) is 0. The average molecular weight is 349 g/mol. The molecule has 0 amide bonds. The van der Waals surface area contributed by atoms with Crippen molar-refractivity contribution in [1.29, 1.82) is 0 Å². The summed E-state index contributed by atoms with van der Waals surface area (Å²) in [7, 11) is 0. The Hall–Kier alpha value is -2.58. The number of benzene rings is 3. The van der Waals surface area contributed by atoms with Gasteiger partial charge >= 0.3 is 0 Å². The van der Waals surface area contributed by atoms with Crippen LogP contribution in [0.2, 0.25) is 0 Å². The van der Waals surface area contributed by atoms with Gasteiger partial charge < -0.3 is 12.4 Å². The molecule has 0 radical (unpaired) electrons. The minimum Gasteiger partial charge on any atom is -1.00 e. The highest BCUT2D eigenvalue weighted by molar-refractivity contribution is 5.72. The predicted octanol–water partition coefficient (Wildman–Crippen LogP) is 1.34. The van der Waals surface area contributed by atoms with Gasteiger partial charge in [-0.2, -0.15) is 0 Å². The molecule has 0 aliphatic rings. The van der Waals surface area contributed by atoms with Crippen LogP contribution < -0.4 is 17.0 Å². The summed E-state index contributed by atoms with van der Waals surface area (Å²) < 4.78 is 4.82. The maximum Gasteiger partial charge on any atom is 0.254 e. The van der Waals surface area contributed by atoms with Crippen LogP contribution in [0.4, 0.5) is 0 Å². The monoisotopic (exact) mass is 348 g/mol. The Morgan fingerprint density at radius 3 is 1.96 bits per heavy atom. The predicted molar refractivity (Wildman–Crippen MR) is 98.0 cm³/mol. The molecule has 0 unspecified atom stereocenters. The quantitative estimate of drug-likeness (QED) is 0.492. The number of rotatable bonds is 4. The Morgan fingerprint density at radius 2 is 1.28 bits per heavy atom. The number of fused-ring (bicyclic) bond motifs is 1. The van der Waals surface area contributed by atoms with Crippen LogP contribution >= 0.6 is 0 Å². The second-order valence-electron chi connectivity index (χ2n) is 6.18. The second kappa shape index (κ2) is 7.54. The van der Waals surface area contributed by atoms with Gasteiger partial charge in [0.25, 0.3) is 5.82 Å². The van der Waals surface area contributed by atoms with Gasteiger partial charge in [-0.25, -0.2) is 9.13 Å². The van der Waals surface area contributed by atoms with E-state index in [0.717, 1.165) is 13.1 Å².